The molecule has 0 saturated heterocycles. The standard InChI is InChI=1S/C23H16Br2N4O11S3/c1-10-6-12(24)19(13(25)7-10)27-29-21-17(43(38,39)40)9-11-8-16(42(35,36)37)20(22(30)18(11)23(21)31)28-26-14-4-2-3-5-15(14)41(32,33)34/h2-9,30-31H,1H3,(H,32,33,34)(H,35,36,37)(H,38,39,40). The van der Waals surface area contributed by atoms with Crippen molar-refractivity contribution in [2.45, 2.75) is 21.6 Å². The molecule has 0 fully saturated rings. The normalized spacial score (nSPS) is 13.0. The predicted molar refractivity (Wildman–Crippen MR) is 158 cm³/mol. The van der Waals surface area contributed by atoms with Gasteiger partial charge in [0.1, 0.15) is 37.4 Å². The molecule has 226 valence electrons. The molecule has 0 aliphatic heterocycles. The summed E-state index contributed by atoms with van der Waals surface area (Å²) in [5, 5.41) is 35.8. The van der Waals surface area contributed by atoms with E-state index in [1.54, 1.807) is 19.1 Å². The highest BCUT2D eigenvalue weighted by molar-refractivity contribution is 9.11. The van der Waals surface area contributed by atoms with Gasteiger partial charge in [0.05, 0.1) is 5.39 Å². The third-order valence-electron chi connectivity index (χ3n) is 5.62. The van der Waals surface area contributed by atoms with Crippen LogP contribution in [0.5, 0.6) is 11.5 Å². The average Bonchev–Trinajstić information content (AvgIpc) is 2.86. The van der Waals surface area contributed by atoms with Gasteiger partial charge in [0.2, 0.25) is 0 Å². The Morgan fingerprint density at radius 2 is 1.02 bits per heavy atom. The maximum absolute atomic E-state index is 12.2. The lowest BCUT2D eigenvalue weighted by molar-refractivity contribution is 0.458. The summed E-state index contributed by atoms with van der Waals surface area (Å²) >= 11 is 6.56. The zero-order chi connectivity index (χ0) is 32.1. The van der Waals surface area contributed by atoms with E-state index in [9.17, 15) is 49.1 Å². The number of rotatable bonds is 7. The summed E-state index contributed by atoms with van der Waals surface area (Å²) in [6.45, 7) is 1.78. The Hall–Kier alpha value is -3.37. The number of halogens is 2. The Labute approximate surface area is 260 Å². The van der Waals surface area contributed by atoms with Crippen LogP contribution in [-0.4, -0.2) is 49.1 Å². The smallest absolute Gasteiger partial charge is 0.296 e. The van der Waals surface area contributed by atoms with Gasteiger partial charge in [-0.1, -0.05) is 12.1 Å². The number of hydrogen-bond donors (Lipinski definition) is 5. The maximum atomic E-state index is 12.2. The van der Waals surface area contributed by atoms with Gasteiger partial charge in [0.15, 0.2) is 11.5 Å². The molecule has 4 rings (SSSR count). The van der Waals surface area contributed by atoms with Crippen molar-refractivity contribution in [3.63, 3.8) is 0 Å². The number of aryl methyl sites for hydroxylation is 1. The van der Waals surface area contributed by atoms with Crippen LogP contribution >= 0.6 is 31.9 Å². The maximum Gasteiger partial charge on any atom is 0.296 e. The number of benzene rings is 4. The van der Waals surface area contributed by atoms with Gasteiger partial charge in [-0.25, -0.2) is 0 Å². The predicted octanol–water partition coefficient (Wildman–Crippen LogP) is 6.66. The molecule has 0 aliphatic rings. The topological polar surface area (TPSA) is 253 Å². The first-order chi connectivity index (χ1) is 19.8. The molecule has 4 aromatic carbocycles. The van der Waals surface area contributed by atoms with E-state index in [1.165, 1.54) is 12.1 Å². The molecule has 0 aromatic heterocycles. The zero-order valence-corrected chi connectivity index (χ0v) is 26.7. The van der Waals surface area contributed by atoms with Gasteiger partial charge in [-0.2, -0.15) is 25.3 Å². The molecule has 0 unspecified atom stereocenters. The van der Waals surface area contributed by atoms with E-state index >= 15 is 0 Å². The minimum atomic E-state index is -5.25. The van der Waals surface area contributed by atoms with Gasteiger partial charge in [0, 0.05) is 8.95 Å². The van der Waals surface area contributed by atoms with Crippen molar-refractivity contribution in [2.24, 2.45) is 20.5 Å². The van der Waals surface area contributed by atoms with Crippen molar-refractivity contribution in [1.29, 1.82) is 0 Å². The zero-order valence-electron chi connectivity index (χ0n) is 21.1. The molecular formula is C23H16Br2N4O11S3. The number of phenols is 2. The lowest BCUT2D eigenvalue weighted by Crippen LogP contribution is -2.02. The van der Waals surface area contributed by atoms with Crippen LogP contribution in [0, 0.1) is 6.92 Å². The summed E-state index contributed by atoms with van der Waals surface area (Å²) in [5.74, 6) is -2.28. The Bertz CT molecular complexity index is 2200. The van der Waals surface area contributed by atoms with E-state index in [4.69, 9.17) is 0 Å². The second kappa shape index (κ2) is 11.6. The number of nitrogens with zero attached hydrogens (tertiary/aromatic N) is 4. The molecule has 0 amide bonds. The molecule has 0 heterocycles. The van der Waals surface area contributed by atoms with Gasteiger partial charge in [-0.3, -0.25) is 13.7 Å². The van der Waals surface area contributed by atoms with Crippen molar-refractivity contribution < 1.29 is 49.1 Å². The molecule has 0 spiro atoms. The quantitative estimate of drug-likeness (QED) is 0.0979. The second-order valence-electron chi connectivity index (χ2n) is 8.61. The van der Waals surface area contributed by atoms with Crippen molar-refractivity contribution in [1.82, 2.24) is 0 Å². The first-order valence-corrected chi connectivity index (χ1v) is 17.1. The second-order valence-corrected chi connectivity index (χ2v) is 14.5. The summed E-state index contributed by atoms with van der Waals surface area (Å²) in [5.41, 5.74) is -1.43. The van der Waals surface area contributed by atoms with Gasteiger partial charge in [-0.05, 0) is 86.1 Å². The molecule has 0 bridgehead atoms. The molecule has 15 nitrogen and oxygen atoms in total. The number of azo groups is 2. The van der Waals surface area contributed by atoms with Crippen molar-refractivity contribution in [3.8, 4) is 11.5 Å². The SMILES string of the molecule is Cc1cc(Br)c(N=Nc2c(S(=O)(=O)O)cc3cc(S(=O)(=O)O)c(N=Nc4ccccc4S(=O)(=O)O)c(O)c3c2O)c(Br)c1. The fourth-order valence-electron chi connectivity index (χ4n) is 3.80. The van der Waals surface area contributed by atoms with Gasteiger partial charge >= 0.3 is 0 Å². The van der Waals surface area contributed by atoms with Crippen LogP contribution in [0.1, 0.15) is 5.56 Å². The van der Waals surface area contributed by atoms with Gasteiger partial charge < -0.3 is 10.2 Å². The molecular weight excluding hydrogens is 764 g/mol. The minimum Gasteiger partial charge on any atom is -0.505 e. The third kappa shape index (κ3) is 6.75. The average molecular weight is 780 g/mol. The van der Waals surface area contributed by atoms with Crippen LogP contribution in [0.3, 0.4) is 0 Å². The van der Waals surface area contributed by atoms with Crippen LogP contribution < -0.4 is 0 Å². The van der Waals surface area contributed by atoms with Crippen molar-refractivity contribution >= 4 is 95.7 Å². The van der Waals surface area contributed by atoms with Crippen LogP contribution in [0.2, 0.25) is 0 Å². The molecule has 43 heavy (non-hydrogen) atoms. The van der Waals surface area contributed by atoms with Crippen LogP contribution in [0.15, 0.2) is 92.6 Å². The van der Waals surface area contributed by atoms with Crippen LogP contribution in [-0.2, 0) is 30.4 Å². The minimum absolute atomic E-state index is 0.143. The summed E-state index contributed by atoms with van der Waals surface area (Å²) in [6, 6.07) is 9.15. The van der Waals surface area contributed by atoms with E-state index in [2.05, 4.69) is 52.3 Å². The molecule has 0 radical (unpaired) electrons. The Morgan fingerprint density at radius 1 is 0.605 bits per heavy atom. The van der Waals surface area contributed by atoms with Gasteiger partial charge in [-0.15, -0.1) is 20.5 Å². The summed E-state index contributed by atoms with van der Waals surface area (Å²) in [6.07, 6.45) is 0. The molecule has 4 aromatic rings. The Balaban J connectivity index is 2.06. The number of aromatic hydroxyl groups is 2. The summed E-state index contributed by atoms with van der Waals surface area (Å²) < 4.78 is 102. The molecule has 0 saturated carbocycles. The van der Waals surface area contributed by atoms with E-state index < -0.39 is 84.4 Å². The highest BCUT2D eigenvalue weighted by Gasteiger charge is 2.29. The van der Waals surface area contributed by atoms with Crippen molar-refractivity contribution in [3.05, 3.63) is 63.0 Å². The van der Waals surface area contributed by atoms with Crippen LogP contribution in [0.4, 0.5) is 22.7 Å². The van der Waals surface area contributed by atoms with E-state index in [0.717, 1.165) is 17.7 Å². The van der Waals surface area contributed by atoms with E-state index in [0.29, 0.717) is 21.1 Å². The Kier molecular flexibility index (Phi) is 8.79. The van der Waals surface area contributed by atoms with Gasteiger partial charge in [0.25, 0.3) is 30.4 Å². The first-order valence-electron chi connectivity index (χ1n) is 11.2. The molecule has 0 aliphatic carbocycles. The lowest BCUT2D eigenvalue weighted by Gasteiger charge is -2.13. The van der Waals surface area contributed by atoms with E-state index in [1.807, 2.05) is 0 Å². The number of hydrogen-bond acceptors (Lipinski definition) is 12. The summed E-state index contributed by atoms with van der Waals surface area (Å²) in [7, 11) is -15.2. The van der Waals surface area contributed by atoms with Crippen molar-refractivity contribution in [2.75, 3.05) is 0 Å². The fourth-order valence-corrected chi connectivity index (χ4v) is 7.31. The van der Waals surface area contributed by atoms with E-state index in [-0.39, 0.29) is 5.69 Å². The summed E-state index contributed by atoms with van der Waals surface area (Å²) in [4.78, 5) is -2.92. The molecule has 5 N–H and O–H groups in total. The van der Waals surface area contributed by atoms with Crippen LogP contribution in [0.25, 0.3) is 10.8 Å². The molecule has 20 heteroatoms. The fraction of sp³-hybridized carbons (Fsp3) is 0.0435. The lowest BCUT2D eigenvalue weighted by atomic mass is 10.1. The number of phenolic OH excluding ortho intramolecular Hbond substituents is 2. The third-order valence-corrected chi connectivity index (χ3v) is 9.46. The molecule has 0 atom stereocenters. The monoisotopic (exact) mass is 778 g/mol. The highest BCUT2D eigenvalue weighted by Crippen LogP contribution is 2.50. The highest BCUT2D eigenvalue weighted by atomic mass is 79.9. The first kappa shape index (κ1) is 32.5. The largest absolute Gasteiger partial charge is 0.505 e. The Morgan fingerprint density at radius 3 is 1.49 bits per heavy atom. The number of fused-ring (bicyclic) bond motifs is 1.